The lowest BCUT2D eigenvalue weighted by molar-refractivity contribution is -0.138. The summed E-state index contributed by atoms with van der Waals surface area (Å²) in [5.74, 6) is -1.59. The largest absolute Gasteiger partial charge is 0.481 e. The fourth-order valence-electron chi connectivity index (χ4n) is 0.736. The highest BCUT2D eigenvalue weighted by Gasteiger charge is 2.11. The normalized spacial score (nSPS) is 12.2. The molecule has 5 nitrogen and oxygen atoms in total. The van der Waals surface area contributed by atoms with Crippen LogP contribution in [0.2, 0.25) is 0 Å². The van der Waals surface area contributed by atoms with Gasteiger partial charge in [-0.25, -0.2) is 0 Å². The molecule has 0 aromatic heterocycles. The molecule has 0 saturated carbocycles. The zero-order valence-electron chi connectivity index (χ0n) is 6.91. The fraction of sp³-hybridized carbons (Fsp3) is 0.714. The predicted molar refractivity (Wildman–Crippen MR) is 41.5 cm³/mol. The van der Waals surface area contributed by atoms with Crippen LogP contribution in [0.25, 0.3) is 0 Å². The number of aliphatic hydroxyl groups excluding tert-OH is 1. The summed E-state index contributed by atoms with van der Waals surface area (Å²) in [5, 5.41) is 19.5. The summed E-state index contributed by atoms with van der Waals surface area (Å²) in [4.78, 5) is 20.6. The third-order valence-corrected chi connectivity index (χ3v) is 1.36. The number of carbonyl (C=O) groups is 2. The Morgan fingerprint density at radius 3 is 2.42 bits per heavy atom. The monoisotopic (exact) mass is 175 g/mol. The van der Waals surface area contributed by atoms with Crippen LogP contribution in [0.15, 0.2) is 0 Å². The molecule has 0 aliphatic rings. The molecule has 0 spiro atoms. The molecule has 0 saturated heterocycles. The molecule has 0 fully saturated rings. The van der Waals surface area contributed by atoms with Gasteiger partial charge in [-0.1, -0.05) is 0 Å². The minimum Gasteiger partial charge on any atom is -0.481 e. The van der Waals surface area contributed by atoms with E-state index in [0.717, 1.165) is 0 Å². The van der Waals surface area contributed by atoms with Crippen molar-refractivity contribution in [2.45, 2.75) is 13.3 Å². The zero-order valence-corrected chi connectivity index (χ0v) is 6.91. The molecule has 5 heteroatoms. The van der Waals surface area contributed by atoms with Crippen LogP contribution in [0.1, 0.15) is 13.3 Å². The minimum absolute atomic E-state index is 0.128. The van der Waals surface area contributed by atoms with Crippen molar-refractivity contribution in [3.8, 4) is 0 Å². The molecule has 70 valence electrons. The van der Waals surface area contributed by atoms with Crippen molar-refractivity contribution < 1.29 is 19.8 Å². The van der Waals surface area contributed by atoms with Crippen LogP contribution in [-0.4, -0.2) is 35.2 Å². The van der Waals surface area contributed by atoms with Gasteiger partial charge in [-0.15, -0.1) is 0 Å². The number of hydrogen-bond acceptors (Lipinski definition) is 3. The molecule has 12 heavy (non-hydrogen) atoms. The Hall–Kier alpha value is -1.10. The first-order valence-corrected chi connectivity index (χ1v) is 3.63. The molecule has 0 aromatic rings. The lowest BCUT2D eigenvalue weighted by Gasteiger charge is -2.10. The van der Waals surface area contributed by atoms with E-state index in [1.54, 1.807) is 0 Å². The molecule has 1 atom stereocenters. The van der Waals surface area contributed by atoms with Crippen LogP contribution >= 0.6 is 0 Å². The standard InChI is InChI=1S/C7H13NO4/c1-5(10)8-3-6(4-9)2-7(11)12/h6,9H,2-4H2,1H3,(H,8,10)(H,11,12). The predicted octanol–water partition coefficient (Wildman–Crippen LogP) is -0.794. The molecule has 0 aliphatic heterocycles. The molecular formula is C7H13NO4. The van der Waals surface area contributed by atoms with Crippen LogP contribution < -0.4 is 5.32 Å². The molecule has 3 N–H and O–H groups in total. The van der Waals surface area contributed by atoms with Crippen LogP contribution in [0.4, 0.5) is 0 Å². The first kappa shape index (κ1) is 10.9. The molecule has 0 aliphatic carbocycles. The lowest BCUT2D eigenvalue weighted by Crippen LogP contribution is -2.30. The number of carbonyl (C=O) groups excluding carboxylic acids is 1. The third-order valence-electron chi connectivity index (χ3n) is 1.36. The summed E-state index contributed by atoms with van der Waals surface area (Å²) in [6.07, 6.45) is -0.128. The molecule has 0 rings (SSSR count). The second-order valence-corrected chi connectivity index (χ2v) is 2.58. The second kappa shape index (κ2) is 5.54. The lowest BCUT2D eigenvalue weighted by atomic mass is 10.1. The summed E-state index contributed by atoms with van der Waals surface area (Å²) >= 11 is 0. The second-order valence-electron chi connectivity index (χ2n) is 2.58. The number of hydrogen-bond donors (Lipinski definition) is 3. The van der Waals surface area contributed by atoms with Crippen molar-refractivity contribution in [3.63, 3.8) is 0 Å². The Morgan fingerprint density at radius 2 is 2.08 bits per heavy atom. The van der Waals surface area contributed by atoms with Gasteiger partial charge in [0.25, 0.3) is 0 Å². The van der Waals surface area contributed by atoms with Crippen molar-refractivity contribution in [2.75, 3.05) is 13.2 Å². The van der Waals surface area contributed by atoms with Crippen molar-refractivity contribution in [1.29, 1.82) is 0 Å². The SMILES string of the molecule is CC(=O)NCC(CO)CC(=O)O. The van der Waals surface area contributed by atoms with Crippen LogP contribution in [0, 0.1) is 5.92 Å². The number of aliphatic carboxylic acids is 1. The summed E-state index contributed by atoms with van der Waals surface area (Å²) in [6.45, 7) is 1.32. The van der Waals surface area contributed by atoms with Crippen molar-refractivity contribution in [1.82, 2.24) is 5.32 Å². The van der Waals surface area contributed by atoms with E-state index in [2.05, 4.69) is 5.32 Å². The average molecular weight is 175 g/mol. The molecule has 1 amide bonds. The number of rotatable bonds is 5. The third kappa shape index (κ3) is 5.67. The molecule has 1 unspecified atom stereocenters. The van der Waals surface area contributed by atoms with Crippen LogP contribution in [-0.2, 0) is 9.59 Å². The maximum absolute atomic E-state index is 10.4. The van der Waals surface area contributed by atoms with Gasteiger partial charge in [0.15, 0.2) is 0 Å². The van der Waals surface area contributed by atoms with Gasteiger partial charge in [0, 0.05) is 26.0 Å². The van der Waals surface area contributed by atoms with Gasteiger partial charge >= 0.3 is 5.97 Å². The number of carboxylic acid groups (broad SMARTS) is 1. The van der Waals surface area contributed by atoms with Gasteiger partial charge in [-0.05, 0) is 0 Å². The smallest absolute Gasteiger partial charge is 0.303 e. The Labute approximate surface area is 70.4 Å². The van der Waals surface area contributed by atoms with Gasteiger partial charge in [0.1, 0.15) is 0 Å². The summed E-state index contributed by atoms with van der Waals surface area (Å²) < 4.78 is 0. The average Bonchev–Trinajstić information content (AvgIpc) is 1.97. The van der Waals surface area contributed by atoms with E-state index >= 15 is 0 Å². The zero-order chi connectivity index (χ0) is 9.56. The van der Waals surface area contributed by atoms with E-state index in [4.69, 9.17) is 10.2 Å². The quantitative estimate of drug-likeness (QED) is 0.511. The topological polar surface area (TPSA) is 86.6 Å². The van der Waals surface area contributed by atoms with E-state index in [1.807, 2.05) is 0 Å². The Balaban J connectivity index is 3.67. The van der Waals surface area contributed by atoms with E-state index in [-0.39, 0.29) is 25.5 Å². The van der Waals surface area contributed by atoms with Gasteiger partial charge in [-0.3, -0.25) is 9.59 Å². The Kier molecular flexibility index (Phi) is 5.03. The van der Waals surface area contributed by atoms with Crippen molar-refractivity contribution >= 4 is 11.9 Å². The summed E-state index contributed by atoms with van der Waals surface area (Å²) in [7, 11) is 0. The van der Waals surface area contributed by atoms with Crippen LogP contribution in [0.3, 0.4) is 0 Å². The maximum atomic E-state index is 10.4. The summed E-state index contributed by atoms with van der Waals surface area (Å²) in [5.41, 5.74) is 0. The van der Waals surface area contributed by atoms with E-state index in [1.165, 1.54) is 6.92 Å². The fourth-order valence-corrected chi connectivity index (χ4v) is 0.736. The minimum atomic E-state index is -0.973. The van der Waals surface area contributed by atoms with Crippen LogP contribution in [0.5, 0.6) is 0 Å². The summed E-state index contributed by atoms with van der Waals surface area (Å²) in [6, 6.07) is 0. The molecule has 0 radical (unpaired) electrons. The Morgan fingerprint density at radius 1 is 1.50 bits per heavy atom. The van der Waals surface area contributed by atoms with Gasteiger partial charge in [0.2, 0.25) is 5.91 Å². The van der Waals surface area contributed by atoms with Crippen molar-refractivity contribution in [2.24, 2.45) is 5.92 Å². The highest BCUT2D eigenvalue weighted by atomic mass is 16.4. The molecular weight excluding hydrogens is 162 g/mol. The van der Waals surface area contributed by atoms with E-state index < -0.39 is 11.9 Å². The maximum Gasteiger partial charge on any atom is 0.303 e. The first-order valence-electron chi connectivity index (χ1n) is 3.63. The van der Waals surface area contributed by atoms with Gasteiger partial charge in [0.05, 0.1) is 6.42 Å². The number of carboxylic acids is 1. The first-order chi connectivity index (χ1) is 5.56. The van der Waals surface area contributed by atoms with Gasteiger partial charge in [-0.2, -0.15) is 0 Å². The highest BCUT2D eigenvalue weighted by Crippen LogP contribution is 1.99. The highest BCUT2D eigenvalue weighted by molar-refractivity contribution is 5.73. The number of nitrogens with one attached hydrogen (secondary N) is 1. The molecule has 0 heterocycles. The van der Waals surface area contributed by atoms with Gasteiger partial charge < -0.3 is 15.5 Å². The van der Waals surface area contributed by atoms with E-state index in [0.29, 0.717) is 0 Å². The Bertz CT molecular complexity index is 169. The molecule has 0 aromatic carbocycles. The van der Waals surface area contributed by atoms with E-state index in [9.17, 15) is 9.59 Å². The number of aliphatic hydroxyl groups is 1. The van der Waals surface area contributed by atoms with Crippen molar-refractivity contribution in [3.05, 3.63) is 0 Å². The molecule has 0 bridgehead atoms. The number of amides is 1.